The van der Waals surface area contributed by atoms with Crippen LogP contribution in [0.4, 0.5) is 0 Å². The predicted molar refractivity (Wildman–Crippen MR) is 89.9 cm³/mol. The molecule has 1 aromatic carbocycles. The van der Waals surface area contributed by atoms with E-state index in [-0.39, 0.29) is 25.0 Å². The molecule has 2 N–H and O–H groups in total. The number of benzene rings is 1. The van der Waals surface area contributed by atoms with Crippen LogP contribution in [0, 0.1) is 0 Å². The summed E-state index contributed by atoms with van der Waals surface area (Å²) in [6.07, 6.45) is 0.732. The Labute approximate surface area is 142 Å². The Balaban J connectivity index is 1.73. The second kappa shape index (κ2) is 8.32. The van der Waals surface area contributed by atoms with Crippen molar-refractivity contribution in [2.75, 3.05) is 46.3 Å². The normalized spacial score (nSPS) is 13.3. The molecule has 0 aliphatic carbocycles. The first-order chi connectivity index (χ1) is 11.4. The topological polar surface area (TPSA) is 97.0 Å². The van der Waals surface area contributed by atoms with E-state index in [9.17, 15) is 13.2 Å². The monoisotopic (exact) mass is 357 g/mol. The van der Waals surface area contributed by atoms with Crippen LogP contribution in [0.15, 0.2) is 18.2 Å². The lowest BCUT2D eigenvalue weighted by molar-refractivity contribution is 0.0955. The van der Waals surface area contributed by atoms with E-state index in [1.54, 1.807) is 18.2 Å². The van der Waals surface area contributed by atoms with Gasteiger partial charge in [0.1, 0.15) is 0 Å². The predicted octanol–water partition coefficient (Wildman–Crippen LogP) is 0.0162. The highest BCUT2D eigenvalue weighted by Crippen LogP contribution is 2.32. The number of amides is 1. The molecule has 24 heavy (non-hydrogen) atoms. The van der Waals surface area contributed by atoms with Crippen molar-refractivity contribution in [2.45, 2.75) is 6.42 Å². The van der Waals surface area contributed by atoms with Crippen LogP contribution < -0.4 is 19.5 Å². The van der Waals surface area contributed by atoms with Gasteiger partial charge in [-0.3, -0.25) is 4.79 Å². The van der Waals surface area contributed by atoms with Gasteiger partial charge in [-0.2, -0.15) is 0 Å². The molecular weight excluding hydrogens is 334 g/mol. The van der Waals surface area contributed by atoms with Crippen molar-refractivity contribution in [3.63, 3.8) is 0 Å². The smallest absolute Gasteiger partial charge is 0.251 e. The molecule has 0 saturated heterocycles. The van der Waals surface area contributed by atoms with Crippen LogP contribution in [-0.2, 0) is 10.0 Å². The summed E-state index contributed by atoms with van der Waals surface area (Å²) in [4.78, 5) is 14.0. The summed E-state index contributed by atoms with van der Waals surface area (Å²) in [5.74, 6) is 0.593. The molecule has 0 spiro atoms. The van der Waals surface area contributed by atoms with Crippen molar-refractivity contribution in [3.8, 4) is 11.5 Å². The van der Waals surface area contributed by atoms with E-state index in [1.165, 1.54) is 0 Å². The molecule has 0 unspecified atom stereocenters. The summed E-state index contributed by atoms with van der Waals surface area (Å²) in [6.45, 7) is 1.37. The number of sulfonamides is 1. The summed E-state index contributed by atoms with van der Waals surface area (Å²) in [7, 11) is 0.467. The van der Waals surface area contributed by atoms with Gasteiger partial charge in [0, 0.05) is 18.7 Å². The van der Waals surface area contributed by atoms with Crippen molar-refractivity contribution in [2.24, 2.45) is 0 Å². The molecular formula is C15H23N3O5S. The van der Waals surface area contributed by atoms with Crippen LogP contribution in [0.2, 0.25) is 0 Å². The number of carbonyl (C=O) groups excluding carboxylic acids is 1. The average molecular weight is 357 g/mol. The molecule has 1 amide bonds. The van der Waals surface area contributed by atoms with Gasteiger partial charge < -0.3 is 19.7 Å². The maximum Gasteiger partial charge on any atom is 0.251 e. The summed E-state index contributed by atoms with van der Waals surface area (Å²) in [6, 6.07) is 4.84. The van der Waals surface area contributed by atoms with Crippen LogP contribution in [0.25, 0.3) is 0 Å². The Hall–Kier alpha value is -1.84. The van der Waals surface area contributed by atoms with E-state index in [0.717, 1.165) is 13.0 Å². The zero-order valence-electron chi connectivity index (χ0n) is 13.9. The molecule has 0 radical (unpaired) electrons. The minimum Gasteiger partial charge on any atom is -0.454 e. The fraction of sp³-hybridized carbons (Fsp3) is 0.533. The Kier molecular flexibility index (Phi) is 6.41. The zero-order chi connectivity index (χ0) is 17.6. The Bertz CT molecular complexity index is 676. The third-order valence-electron chi connectivity index (χ3n) is 3.40. The minimum absolute atomic E-state index is 0.0380. The van der Waals surface area contributed by atoms with E-state index >= 15 is 0 Å². The fourth-order valence-corrected chi connectivity index (χ4v) is 3.10. The summed E-state index contributed by atoms with van der Waals surface area (Å²) < 4.78 is 36.6. The lowest BCUT2D eigenvalue weighted by Crippen LogP contribution is -2.35. The average Bonchev–Trinajstić information content (AvgIpc) is 2.98. The highest BCUT2D eigenvalue weighted by Gasteiger charge is 2.16. The van der Waals surface area contributed by atoms with Gasteiger partial charge in [-0.1, -0.05) is 0 Å². The maximum atomic E-state index is 12.0. The molecule has 1 aliphatic rings. The van der Waals surface area contributed by atoms with Crippen LogP contribution in [-0.4, -0.2) is 65.5 Å². The van der Waals surface area contributed by atoms with Crippen molar-refractivity contribution < 1.29 is 22.7 Å². The first-order valence-corrected chi connectivity index (χ1v) is 9.32. The summed E-state index contributed by atoms with van der Waals surface area (Å²) >= 11 is 0. The van der Waals surface area contributed by atoms with E-state index in [0.29, 0.717) is 23.6 Å². The van der Waals surface area contributed by atoms with Crippen LogP contribution in [0.5, 0.6) is 11.5 Å². The fourth-order valence-electron chi connectivity index (χ4n) is 2.13. The molecule has 1 heterocycles. The third kappa shape index (κ3) is 5.66. The van der Waals surface area contributed by atoms with E-state index in [4.69, 9.17) is 9.47 Å². The minimum atomic E-state index is -3.39. The van der Waals surface area contributed by atoms with Gasteiger partial charge in [0.25, 0.3) is 5.91 Å². The van der Waals surface area contributed by atoms with Crippen molar-refractivity contribution in [3.05, 3.63) is 23.8 Å². The molecule has 0 atom stereocenters. The molecule has 8 nitrogen and oxygen atoms in total. The highest BCUT2D eigenvalue weighted by atomic mass is 32.2. The lowest BCUT2D eigenvalue weighted by atomic mass is 10.2. The number of nitrogens with one attached hydrogen (secondary N) is 2. The quantitative estimate of drug-likeness (QED) is 0.605. The van der Waals surface area contributed by atoms with Crippen LogP contribution >= 0.6 is 0 Å². The molecule has 1 aliphatic heterocycles. The van der Waals surface area contributed by atoms with E-state index in [2.05, 4.69) is 10.0 Å². The first-order valence-electron chi connectivity index (χ1n) is 7.67. The number of ether oxygens (including phenoxy) is 2. The Morgan fingerprint density at radius 1 is 1.21 bits per heavy atom. The van der Waals surface area contributed by atoms with Gasteiger partial charge in [-0.05, 0) is 45.3 Å². The molecule has 9 heteroatoms. The van der Waals surface area contributed by atoms with E-state index < -0.39 is 10.0 Å². The summed E-state index contributed by atoms with van der Waals surface area (Å²) in [5.41, 5.74) is 0.399. The number of hydrogen-bond donors (Lipinski definition) is 2. The third-order valence-corrected chi connectivity index (χ3v) is 4.78. The number of carbonyl (C=O) groups is 1. The second-order valence-corrected chi connectivity index (χ2v) is 7.62. The van der Waals surface area contributed by atoms with Gasteiger partial charge in [0.15, 0.2) is 11.5 Å². The summed E-state index contributed by atoms with van der Waals surface area (Å²) in [5, 5.41) is 2.59. The van der Waals surface area contributed by atoms with Gasteiger partial charge in [-0.25, -0.2) is 13.1 Å². The van der Waals surface area contributed by atoms with Gasteiger partial charge in [0.05, 0.1) is 5.75 Å². The van der Waals surface area contributed by atoms with Crippen molar-refractivity contribution in [1.82, 2.24) is 14.9 Å². The SMILES string of the molecule is CN(C)CCCNS(=O)(=O)CCNC(=O)c1ccc2c(c1)OCO2. The van der Waals surface area contributed by atoms with Crippen molar-refractivity contribution >= 4 is 15.9 Å². The molecule has 0 aromatic heterocycles. The van der Waals surface area contributed by atoms with Crippen molar-refractivity contribution in [1.29, 1.82) is 0 Å². The van der Waals surface area contributed by atoms with Gasteiger partial charge in [0.2, 0.25) is 16.8 Å². The molecule has 1 aromatic rings. The Morgan fingerprint density at radius 2 is 1.96 bits per heavy atom. The van der Waals surface area contributed by atoms with Crippen LogP contribution in [0.1, 0.15) is 16.8 Å². The highest BCUT2D eigenvalue weighted by molar-refractivity contribution is 7.89. The standard InChI is InChI=1S/C15H23N3O5S/c1-18(2)8-3-6-17-24(20,21)9-7-16-15(19)12-4-5-13-14(10-12)23-11-22-13/h4-5,10,17H,3,6-9,11H2,1-2H3,(H,16,19). The molecule has 134 valence electrons. The number of fused-ring (bicyclic) bond motifs is 1. The molecule has 0 saturated carbocycles. The first kappa shape index (κ1) is 18.5. The molecule has 2 rings (SSSR count). The number of rotatable bonds is 9. The zero-order valence-corrected chi connectivity index (χ0v) is 14.7. The van der Waals surface area contributed by atoms with Gasteiger partial charge in [-0.15, -0.1) is 0 Å². The lowest BCUT2D eigenvalue weighted by Gasteiger charge is -2.11. The largest absolute Gasteiger partial charge is 0.454 e. The maximum absolute atomic E-state index is 12.0. The second-order valence-electron chi connectivity index (χ2n) is 5.69. The molecule has 0 fully saturated rings. The van der Waals surface area contributed by atoms with Gasteiger partial charge >= 0.3 is 0 Å². The number of nitrogens with zero attached hydrogens (tertiary/aromatic N) is 1. The van der Waals surface area contributed by atoms with Crippen LogP contribution in [0.3, 0.4) is 0 Å². The molecule has 0 bridgehead atoms. The number of hydrogen-bond acceptors (Lipinski definition) is 6. The van der Waals surface area contributed by atoms with E-state index in [1.807, 2.05) is 19.0 Å². The Morgan fingerprint density at radius 3 is 2.71 bits per heavy atom.